The molecule has 168 valence electrons. The molecule has 1 fully saturated rings. The van der Waals surface area contributed by atoms with E-state index in [-0.39, 0.29) is 13.2 Å². The second-order valence-electron chi connectivity index (χ2n) is 6.82. The lowest BCUT2D eigenvalue weighted by atomic mass is 10.1. The molecule has 1 saturated heterocycles. The molecule has 32 heavy (non-hydrogen) atoms. The van der Waals surface area contributed by atoms with E-state index in [0.717, 1.165) is 10.5 Å². The molecule has 0 spiro atoms. The van der Waals surface area contributed by atoms with Crippen molar-refractivity contribution in [3.05, 3.63) is 59.7 Å². The highest BCUT2D eigenvalue weighted by atomic mass is 16.6. The van der Waals surface area contributed by atoms with Gasteiger partial charge in [0.1, 0.15) is 0 Å². The summed E-state index contributed by atoms with van der Waals surface area (Å²) in [6.45, 7) is -0.333. The number of nitrogens with zero attached hydrogens (tertiary/aromatic N) is 1. The Morgan fingerprint density at radius 3 is 2.28 bits per heavy atom. The van der Waals surface area contributed by atoms with Gasteiger partial charge in [0.15, 0.2) is 18.1 Å². The molecule has 1 unspecified atom stereocenters. The summed E-state index contributed by atoms with van der Waals surface area (Å²) in [6, 6.07) is 11.9. The van der Waals surface area contributed by atoms with Gasteiger partial charge in [-0.25, -0.2) is 9.69 Å². The summed E-state index contributed by atoms with van der Waals surface area (Å²) in [5.74, 6) is 0.508. The van der Waals surface area contributed by atoms with Gasteiger partial charge in [-0.1, -0.05) is 30.3 Å². The predicted octanol–water partition coefficient (Wildman–Crippen LogP) is 2.56. The third-order valence-electron chi connectivity index (χ3n) is 4.84. The Bertz CT molecular complexity index is 979. The highest BCUT2D eigenvalue weighted by Gasteiger charge is 2.33. The number of carbonyl (C=O) groups is 3. The number of carbonyl (C=O) groups excluding carboxylic acids is 3. The first kappa shape index (κ1) is 22.7. The van der Waals surface area contributed by atoms with E-state index in [1.54, 1.807) is 30.3 Å². The smallest absolute Gasteiger partial charge is 0.417 e. The average Bonchev–Trinajstić information content (AvgIpc) is 3.14. The standard InChI is InChI=1S/C23H24N2O7/c1-29-18-11-15(12-19(30-2)22(18)31-3)9-10-20(26)24-17(16-7-5-4-6-8-16)13-25-21(27)14-32-23(25)28/h4-12,17H,13-14H2,1-3H3,(H,24,26)/b10-9+. The summed E-state index contributed by atoms with van der Waals surface area (Å²) >= 11 is 0. The van der Waals surface area contributed by atoms with Gasteiger partial charge in [0.25, 0.3) is 5.91 Å². The van der Waals surface area contributed by atoms with Crippen molar-refractivity contribution in [3.63, 3.8) is 0 Å². The number of hydrogen-bond donors (Lipinski definition) is 1. The molecular formula is C23H24N2O7. The van der Waals surface area contributed by atoms with Crippen LogP contribution in [0.4, 0.5) is 4.79 Å². The molecule has 1 aliphatic rings. The number of imide groups is 1. The number of methoxy groups -OCH3 is 3. The summed E-state index contributed by atoms with van der Waals surface area (Å²) in [7, 11) is 4.52. The maximum Gasteiger partial charge on any atom is 0.417 e. The van der Waals surface area contributed by atoms with Crippen LogP contribution in [-0.4, -0.2) is 57.3 Å². The van der Waals surface area contributed by atoms with E-state index in [9.17, 15) is 14.4 Å². The Kier molecular flexibility index (Phi) is 7.33. The van der Waals surface area contributed by atoms with Crippen LogP contribution in [-0.2, 0) is 14.3 Å². The third-order valence-corrected chi connectivity index (χ3v) is 4.84. The van der Waals surface area contributed by atoms with Gasteiger partial charge >= 0.3 is 6.09 Å². The summed E-state index contributed by atoms with van der Waals surface area (Å²) in [4.78, 5) is 37.4. The number of nitrogens with one attached hydrogen (secondary N) is 1. The Labute approximate surface area is 185 Å². The molecule has 3 rings (SSSR count). The molecular weight excluding hydrogens is 416 g/mol. The zero-order chi connectivity index (χ0) is 23.1. The normalized spacial score (nSPS) is 14.3. The number of cyclic esters (lactones) is 1. The molecule has 1 heterocycles. The Morgan fingerprint density at radius 2 is 1.75 bits per heavy atom. The number of amides is 3. The molecule has 0 aliphatic carbocycles. The first-order chi connectivity index (χ1) is 15.5. The predicted molar refractivity (Wildman–Crippen MR) is 116 cm³/mol. The van der Waals surface area contributed by atoms with Crippen molar-refractivity contribution in [2.75, 3.05) is 34.5 Å². The van der Waals surface area contributed by atoms with E-state index in [1.807, 2.05) is 18.2 Å². The second-order valence-corrected chi connectivity index (χ2v) is 6.82. The molecule has 9 heteroatoms. The Balaban J connectivity index is 1.78. The Morgan fingerprint density at radius 1 is 1.09 bits per heavy atom. The Hall–Kier alpha value is -4.01. The third kappa shape index (κ3) is 5.18. The zero-order valence-corrected chi connectivity index (χ0v) is 18.0. The van der Waals surface area contributed by atoms with Crippen molar-refractivity contribution in [2.45, 2.75) is 6.04 Å². The molecule has 0 bridgehead atoms. The molecule has 1 atom stereocenters. The molecule has 3 amide bonds. The van der Waals surface area contributed by atoms with Crippen LogP contribution in [0.25, 0.3) is 6.08 Å². The maximum atomic E-state index is 12.7. The molecule has 1 aliphatic heterocycles. The van der Waals surface area contributed by atoms with Gasteiger partial charge in [0.05, 0.1) is 33.9 Å². The quantitative estimate of drug-likeness (QED) is 0.598. The first-order valence-corrected chi connectivity index (χ1v) is 9.77. The molecule has 0 saturated carbocycles. The fraction of sp³-hybridized carbons (Fsp3) is 0.261. The van der Waals surface area contributed by atoms with Gasteiger partial charge in [0.2, 0.25) is 11.7 Å². The maximum absolute atomic E-state index is 12.7. The van der Waals surface area contributed by atoms with E-state index < -0.39 is 23.9 Å². The lowest BCUT2D eigenvalue weighted by Crippen LogP contribution is -2.40. The number of benzene rings is 2. The summed E-state index contributed by atoms with van der Waals surface area (Å²) < 4.78 is 20.7. The average molecular weight is 440 g/mol. The van der Waals surface area contributed by atoms with Crippen LogP contribution in [0.5, 0.6) is 17.2 Å². The lowest BCUT2D eigenvalue weighted by Gasteiger charge is -2.22. The van der Waals surface area contributed by atoms with E-state index in [1.165, 1.54) is 27.4 Å². The minimum absolute atomic E-state index is 0.0363. The molecule has 2 aromatic carbocycles. The van der Waals surface area contributed by atoms with E-state index in [4.69, 9.17) is 18.9 Å². The minimum atomic E-state index is -0.724. The monoisotopic (exact) mass is 440 g/mol. The van der Waals surface area contributed by atoms with Crippen LogP contribution < -0.4 is 19.5 Å². The van der Waals surface area contributed by atoms with Crippen molar-refractivity contribution in [2.24, 2.45) is 0 Å². The van der Waals surface area contributed by atoms with Crippen molar-refractivity contribution in [1.29, 1.82) is 0 Å². The molecule has 9 nitrogen and oxygen atoms in total. The number of hydrogen-bond acceptors (Lipinski definition) is 7. The summed E-state index contributed by atoms with van der Waals surface area (Å²) in [5.41, 5.74) is 1.40. The fourth-order valence-electron chi connectivity index (χ4n) is 3.25. The van der Waals surface area contributed by atoms with E-state index >= 15 is 0 Å². The van der Waals surface area contributed by atoms with Crippen LogP contribution in [0.15, 0.2) is 48.5 Å². The van der Waals surface area contributed by atoms with Crippen LogP contribution in [0.2, 0.25) is 0 Å². The second kappa shape index (κ2) is 10.3. The molecule has 1 N–H and O–H groups in total. The van der Waals surface area contributed by atoms with Crippen molar-refractivity contribution < 1.29 is 33.3 Å². The van der Waals surface area contributed by atoms with Gasteiger partial charge in [-0.15, -0.1) is 0 Å². The molecule has 0 aromatic heterocycles. The summed E-state index contributed by atoms with van der Waals surface area (Å²) in [5, 5.41) is 2.84. The topological polar surface area (TPSA) is 103 Å². The lowest BCUT2D eigenvalue weighted by molar-refractivity contribution is -0.126. The van der Waals surface area contributed by atoms with E-state index in [0.29, 0.717) is 22.8 Å². The van der Waals surface area contributed by atoms with Crippen LogP contribution >= 0.6 is 0 Å². The van der Waals surface area contributed by atoms with Gasteiger partial charge < -0.3 is 24.3 Å². The van der Waals surface area contributed by atoms with Crippen LogP contribution in [0, 0.1) is 0 Å². The summed E-state index contributed by atoms with van der Waals surface area (Å²) in [6.07, 6.45) is 2.22. The minimum Gasteiger partial charge on any atom is -0.493 e. The SMILES string of the molecule is COc1cc(/C=C/C(=O)NC(CN2C(=O)COC2=O)c2ccccc2)cc(OC)c1OC. The largest absolute Gasteiger partial charge is 0.493 e. The first-order valence-electron chi connectivity index (χ1n) is 9.77. The van der Waals surface area contributed by atoms with Crippen molar-refractivity contribution in [3.8, 4) is 17.2 Å². The highest BCUT2D eigenvalue weighted by molar-refractivity contribution is 5.98. The van der Waals surface area contributed by atoms with Crippen molar-refractivity contribution >= 4 is 24.0 Å². The molecule has 2 aromatic rings. The van der Waals surface area contributed by atoms with E-state index in [2.05, 4.69) is 5.32 Å². The highest BCUT2D eigenvalue weighted by Crippen LogP contribution is 2.38. The van der Waals surface area contributed by atoms with Gasteiger partial charge in [0, 0.05) is 6.08 Å². The van der Waals surface area contributed by atoms with Crippen LogP contribution in [0.3, 0.4) is 0 Å². The fourth-order valence-corrected chi connectivity index (χ4v) is 3.25. The molecule has 0 radical (unpaired) electrons. The number of ether oxygens (including phenoxy) is 4. The zero-order valence-electron chi connectivity index (χ0n) is 18.0. The van der Waals surface area contributed by atoms with Crippen molar-refractivity contribution in [1.82, 2.24) is 10.2 Å². The number of rotatable bonds is 9. The van der Waals surface area contributed by atoms with Gasteiger partial charge in [-0.05, 0) is 29.3 Å². The van der Waals surface area contributed by atoms with Gasteiger partial charge in [-0.3, -0.25) is 9.59 Å². The van der Waals surface area contributed by atoms with Crippen LogP contribution in [0.1, 0.15) is 17.2 Å². The van der Waals surface area contributed by atoms with Gasteiger partial charge in [-0.2, -0.15) is 0 Å².